The van der Waals surface area contributed by atoms with Crippen LogP contribution in [0.15, 0.2) is 43.2 Å². The fourth-order valence-electron chi connectivity index (χ4n) is 4.37. The standard InChI is InChI=1S/C23H22N6O3S/c1-3-17(30)28-11-5-6-14(12-28)26-21(31)20-19-18-16(8-10-25-22(18)33-20)29(23(32)27-19)15-7-4-9-24-13(15)2/h3-4,7-10,14H,1,5-6,11-12H2,2H3,(H,26,31)(H,27,32)/t14-/m1/s1. The van der Waals surface area contributed by atoms with Crippen molar-refractivity contribution in [2.24, 2.45) is 0 Å². The summed E-state index contributed by atoms with van der Waals surface area (Å²) in [5, 5.41) is 6.65. The van der Waals surface area contributed by atoms with Crippen LogP contribution in [0, 0.1) is 6.92 Å². The van der Waals surface area contributed by atoms with E-state index in [1.165, 1.54) is 17.4 Å². The van der Waals surface area contributed by atoms with E-state index in [0.29, 0.717) is 45.6 Å². The molecule has 2 N–H and O–H groups in total. The summed E-state index contributed by atoms with van der Waals surface area (Å²) in [6.45, 7) is 6.46. The number of carbonyl (C=O) groups is 3. The molecule has 5 rings (SSSR count). The van der Waals surface area contributed by atoms with Crippen LogP contribution in [0.2, 0.25) is 0 Å². The van der Waals surface area contributed by atoms with Crippen molar-refractivity contribution < 1.29 is 14.4 Å². The highest BCUT2D eigenvalue weighted by Crippen LogP contribution is 2.45. The predicted octanol–water partition coefficient (Wildman–Crippen LogP) is 3.59. The summed E-state index contributed by atoms with van der Waals surface area (Å²) in [5.41, 5.74) is 2.50. The van der Waals surface area contributed by atoms with E-state index in [4.69, 9.17) is 0 Å². The minimum Gasteiger partial charge on any atom is -0.347 e. The lowest BCUT2D eigenvalue weighted by Crippen LogP contribution is -2.49. The van der Waals surface area contributed by atoms with Crippen LogP contribution < -0.4 is 15.5 Å². The Morgan fingerprint density at radius 1 is 1.27 bits per heavy atom. The maximum absolute atomic E-state index is 13.2. The molecule has 3 aromatic heterocycles. The molecule has 0 spiro atoms. The summed E-state index contributed by atoms with van der Waals surface area (Å²) < 4.78 is 0. The number of nitrogens with zero attached hydrogens (tertiary/aromatic N) is 4. The van der Waals surface area contributed by atoms with Crippen LogP contribution in [0.5, 0.6) is 0 Å². The van der Waals surface area contributed by atoms with Gasteiger partial charge in [0.25, 0.3) is 5.91 Å². The van der Waals surface area contributed by atoms with Crippen LogP contribution in [0.25, 0.3) is 10.2 Å². The first-order chi connectivity index (χ1) is 16.0. The molecule has 1 fully saturated rings. The van der Waals surface area contributed by atoms with Gasteiger partial charge in [-0.1, -0.05) is 6.58 Å². The zero-order valence-corrected chi connectivity index (χ0v) is 18.8. The number of aryl methyl sites for hydroxylation is 1. The van der Waals surface area contributed by atoms with Crippen LogP contribution >= 0.6 is 11.3 Å². The molecule has 0 radical (unpaired) electrons. The highest BCUT2D eigenvalue weighted by Gasteiger charge is 2.34. The number of amides is 4. The van der Waals surface area contributed by atoms with Gasteiger partial charge in [0.1, 0.15) is 9.71 Å². The SMILES string of the molecule is C=CC(=O)N1CCC[C@@H](NC(=O)c2sc3nccc4c3c2NC(=O)N4c2cccnc2C)C1. The molecule has 9 nitrogen and oxygen atoms in total. The molecule has 0 aliphatic carbocycles. The number of rotatable bonds is 4. The smallest absolute Gasteiger partial charge is 0.331 e. The highest BCUT2D eigenvalue weighted by molar-refractivity contribution is 7.21. The lowest BCUT2D eigenvalue weighted by molar-refractivity contribution is -0.127. The van der Waals surface area contributed by atoms with Crippen molar-refractivity contribution in [2.45, 2.75) is 25.8 Å². The Morgan fingerprint density at radius 2 is 2.12 bits per heavy atom. The summed E-state index contributed by atoms with van der Waals surface area (Å²) >= 11 is 1.24. The zero-order valence-electron chi connectivity index (χ0n) is 18.0. The van der Waals surface area contributed by atoms with Gasteiger partial charge in [0.05, 0.1) is 28.1 Å². The predicted molar refractivity (Wildman–Crippen MR) is 127 cm³/mol. The molecule has 33 heavy (non-hydrogen) atoms. The molecule has 1 saturated heterocycles. The number of hydrogen-bond acceptors (Lipinski definition) is 6. The molecule has 0 bridgehead atoms. The number of thiophene rings is 1. The van der Waals surface area contributed by atoms with E-state index >= 15 is 0 Å². The molecule has 1 atom stereocenters. The molecule has 3 aromatic rings. The summed E-state index contributed by atoms with van der Waals surface area (Å²) in [7, 11) is 0. The first kappa shape index (κ1) is 21.1. The van der Waals surface area contributed by atoms with E-state index in [1.54, 1.807) is 34.3 Å². The average Bonchev–Trinajstić information content (AvgIpc) is 3.19. The molecule has 5 heterocycles. The van der Waals surface area contributed by atoms with Gasteiger partial charge < -0.3 is 15.5 Å². The second-order valence-electron chi connectivity index (χ2n) is 7.99. The van der Waals surface area contributed by atoms with Crippen molar-refractivity contribution >= 4 is 56.5 Å². The van der Waals surface area contributed by atoms with E-state index in [0.717, 1.165) is 18.2 Å². The summed E-state index contributed by atoms with van der Waals surface area (Å²) in [6.07, 6.45) is 6.17. The van der Waals surface area contributed by atoms with Gasteiger partial charge in [0.15, 0.2) is 0 Å². The van der Waals surface area contributed by atoms with Crippen LogP contribution in [0.4, 0.5) is 21.9 Å². The second-order valence-corrected chi connectivity index (χ2v) is 8.99. The number of pyridine rings is 2. The average molecular weight is 463 g/mol. The zero-order chi connectivity index (χ0) is 23.1. The van der Waals surface area contributed by atoms with Crippen LogP contribution in [0.3, 0.4) is 0 Å². The topological polar surface area (TPSA) is 108 Å². The van der Waals surface area contributed by atoms with Gasteiger partial charge in [-0.3, -0.25) is 19.5 Å². The Kier molecular flexibility index (Phi) is 5.29. The summed E-state index contributed by atoms with van der Waals surface area (Å²) in [6, 6.07) is 4.84. The van der Waals surface area contributed by atoms with Gasteiger partial charge >= 0.3 is 6.03 Å². The number of urea groups is 1. The Bertz CT molecular complexity index is 1300. The highest BCUT2D eigenvalue weighted by atomic mass is 32.1. The number of aromatic nitrogens is 2. The van der Waals surface area contributed by atoms with Crippen molar-refractivity contribution in [3.05, 3.63) is 53.8 Å². The third-order valence-electron chi connectivity index (χ3n) is 5.91. The van der Waals surface area contributed by atoms with Crippen LogP contribution in [-0.2, 0) is 4.79 Å². The maximum atomic E-state index is 13.2. The van der Waals surface area contributed by atoms with Crippen LogP contribution in [-0.4, -0.2) is 51.8 Å². The Hall–Kier alpha value is -3.79. The summed E-state index contributed by atoms with van der Waals surface area (Å²) in [4.78, 5) is 51.4. The Balaban J connectivity index is 1.49. The molecule has 0 saturated carbocycles. The van der Waals surface area contributed by atoms with Gasteiger partial charge in [-0.2, -0.15) is 0 Å². The first-order valence-corrected chi connectivity index (χ1v) is 11.5. The molecular weight excluding hydrogens is 440 g/mol. The molecule has 168 valence electrons. The number of hydrogen-bond donors (Lipinski definition) is 2. The van der Waals surface area contributed by atoms with Gasteiger partial charge in [-0.05, 0) is 44.0 Å². The third kappa shape index (κ3) is 3.62. The quantitative estimate of drug-likeness (QED) is 0.576. The lowest BCUT2D eigenvalue weighted by atomic mass is 10.1. The number of piperidine rings is 1. The molecule has 2 aliphatic rings. The first-order valence-electron chi connectivity index (χ1n) is 10.6. The van der Waals surface area contributed by atoms with Crippen molar-refractivity contribution in [2.75, 3.05) is 23.3 Å². The van der Waals surface area contributed by atoms with Gasteiger partial charge in [0.2, 0.25) is 5.91 Å². The van der Waals surface area contributed by atoms with Crippen molar-refractivity contribution in [1.82, 2.24) is 20.2 Å². The van der Waals surface area contributed by atoms with E-state index < -0.39 is 0 Å². The van der Waals surface area contributed by atoms with Gasteiger partial charge in [-0.25, -0.2) is 9.78 Å². The molecular formula is C23H22N6O3S. The lowest BCUT2D eigenvalue weighted by Gasteiger charge is -2.32. The summed E-state index contributed by atoms with van der Waals surface area (Å²) in [5.74, 6) is -0.430. The molecule has 4 amide bonds. The van der Waals surface area contributed by atoms with E-state index in [2.05, 4.69) is 27.2 Å². The normalized spacial score (nSPS) is 17.6. The number of nitrogens with one attached hydrogen (secondary N) is 2. The Morgan fingerprint density at radius 3 is 2.91 bits per heavy atom. The van der Waals surface area contributed by atoms with Crippen LogP contribution in [0.1, 0.15) is 28.2 Å². The second kappa shape index (κ2) is 8.28. The third-order valence-corrected chi connectivity index (χ3v) is 7.01. The molecule has 0 aromatic carbocycles. The fourth-order valence-corrected chi connectivity index (χ4v) is 5.39. The largest absolute Gasteiger partial charge is 0.347 e. The number of carbonyl (C=O) groups excluding carboxylic acids is 3. The van der Waals surface area contributed by atoms with Crippen molar-refractivity contribution in [3.8, 4) is 0 Å². The minimum atomic E-state index is -0.362. The van der Waals surface area contributed by atoms with Gasteiger partial charge in [-0.15, -0.1) is 11.3 Å². The van der Waals surface area contributed by atoms with E-state index in [9.17, 15) is 14.4 Å². The molecule has 10 heteroatoms. The van der Waals surface area contributed by atoms with Crippen molar-refractivity contribution in [3.63, 3.8) is 0 Å². The Labute approximate surface area is 194 Å². The number of anilines is 3. The van der Waals surface area contributed by atoms with E-state index in [-0.39, 0.29) is 23.9 Å². The van der Waals surface area contributed by atoms with Gasteiger partial charge in [0, 0.05) is 31.5 Å². The molecule has 2 aliphatic heterocycles. The molecule has 0 unspecified atom stereocenters. The number of likely N-dealkylation sites (tertiary alicyclic amines) is 1. The monoisotopic (exact) mass is 462 g/mol. The van der Waals surface area contributed by atoms with E-state index in [1.807, 2.05) is 13.0 Å². The van der Waals surface area contributed by atoms with Crippen molar-refractivity contribution in [1.29, 1.82) is 0 Å². The fraction of sp³-hybridized carbons (Fsp3) is 0.261. The maximum Gasteiger partial charge on any atom is 0.331 e. The minimum absolute atomic E-state index is 0.141.